The molecule has 5 nitrogen and oxygen atoms in total. The van der Waals surface area contributed by atoms with Crippen molar-refractivity contribution in [2.45, 2.75) is 89.9 Å². The lowest BCUT2D eigenvalue weighted by molar-refractivity contribution is -0.145. The van der Waals surface area contributed by atoms with Crippen LogP contribution in [0, 0.1) is 17.7 Å². The molecular weight excluding hydrogens is 385 g/mol. The normalized spacial score (nSPS) is 23.7. The Hall–Kier alpha value is -2.11. The zero-order valence-corrected chi connectivity index (χ0v) is 18.3. The number of benzene rings is 1. The fourth-order valence-electron chi connectivity index (χ4n) is 4.58. The number of rotatable bonds is 6. The third-order valence-electron chi connectivity index (χ3n) is 5.98. The Labute approximate surface area is 178 Å². The summed E-state index contributed by atoms with van der Waals surface area (Å²) >= 11 is 0. The largest absolute Gasteiger partial charge is 0.462 e. The summed E-state index contributed by atoms with van der Waals surface area (Å²) in [6.45, 7) is 5.47. The fraction of sp³-hybridized carbons (Fsp3) is 0.667. The Kier molecular flexibility index (Phi) is 7.37. The third-order valence-corrected chi connectivity index (χ3v) is 5.98. The lowest BCUT2D eigenvalue weighted by atomic mass is 9.81. The first-order valence-electron chi connectivity index (χ1n) is 11.1. The molecular formula is C24H34FNO4. The van der Waals surface area contributed by atoms with Gasteiger partial charge in [0.15, 0.2) is 0 Å². The highest BCUT2D eigenvalue weighted by molar-refractivity contribution is 5.77. The number of nitrogens with one attached hydrogen (secondary N) is 1. The van der Waals surface area contributed by atoms with Crippen molar-refractivity contribution in [1.82, 2.24) is 5.32 Å². The van der Waals surface area contributed by atoms with Crippen molar-refractivity contribution in [2.24, 2.45) is 11.8 Å². The van der Waals surface area contributed by atoms with Gasteiger partial charge < -0.3 is 14.8 Å². The van der Waals surface area contributed by atoms with E-state index >= 15 is 0 Å². The van der Waals surface area contributed by atoms with Crippen molar-refractivity contribution in [2.75, 3.05) is 0 Å². The molecule has 1 saturated heterocycles. The lowest BCUT2D eigenvalue weighted by Crippen LogP contribution is -2.45. The van der Waals surface area contributed by atoms with Gasteiger partial charge in [0.25, 0.3) is 0 Å². The summed E-state index contributed by atoms with van der Waals surface area (Å²) in [5.74, 6) is -0.430. The Balaban J connectivity index is 1.66. The second-order valence-corrected chi connectivity index (χ2v) is 9.72. The maximum Gasteiger partial charge on any atom is 0.407 e. The topological polar surface area (TPSA) is 64.6 Å². The van der Waals surface area contributed by atoms with Gasteiger partial charge in [0.2, 0.25) is 0 Å². The number of hydrogen-bond acceptors (Lipinski definition) is 4. The Morgan fingerprint density at radius 1 is 1.20 bits per heavy atom. The second-order valence-electron chi connectivity index (χ2n) is 9.72. The summed E-state index contributed by atoms with van der Waals surface area (Å²) in [6.07, 6.45) is 7.03. The Morgan fingerprint density at radius 2 is 1.87 bits per heavy atom. The number of carbonyl (C=O) groups is 2. The van der Waals surface area contributed by atoms with Gasteiger partial charge in [-0.05, 0) is 57.2 Å². The molecule has 0 aromatic heterocycles. The number of esters is 1. The first-order chi connectivity index (χ1) is 14.2. The summed E-state index contributed by atoms with van der Waals surface area (Å²) in [4.78, 5) is 25.2. The minimum atomic E-state index is -0.596. The van der Waals surface area contributed by atoms with Crippen LogP contribution in [0.25, 0.3) is 0 Å². The third kappa shape index (κ3) is 6.71. The Morgan fingerprint density at radius 3 is 2.50 bits per heavy atom. The molecule has 0 spiro atoms. The van der Waals surface area contributed by atoms with E-state index in [9.17, 15) is 14.0 Å². The van der Waals surface area contributed by atoms with E-state index < -0.39 is 11.7 Å². The zero-order chi connectivity index (χ0) is 21.7. The molecule has 0 radical (unpaired) electrons. The summed E-state index contributed by atoms with van der Waals surface area (Å²) in [7, 11) is 0. The van der Waals surface area contributed by atoms with Crippen LogP contribution >= 0.6 is 0 Å². The Bertz CT molecular complexity index is 722. The van der Waals surface area contributed by atoms with Crippen LogP contribution < -0.4 is 5.32 Å². The van der Waals surface area contributed by atoms with Crippen molar-refractivity contribution in [1.29, 1.82) is 0 Å². The van der Waals surface area contributed by atoms with Gasteiger partial charge in [-0.25, -0.2) is 9.18 Å². The van der Waals surface area contributed by atoms with Gasteiger partial charge in [-0.1, -0.05) is 44.2 Å². The smallest absolute Gasteiger partial charge is 0.407 e. The van der Waals surface area contributed by atoms with Gasteiger partial charge in [0.05, 0.1) is 5.92 Å². The monoisotopic (exact) mass is 419 g/mol. The van der Waals surface area contributed by atoms with Crippen LogP contribution in [0.2, 0.25) is 0 Å². The van der Waals surface area contributed by atoms with Crippen LogP contribution in [-0.4, -0.2) is 29.8 Å². The summed E-state index contributed by atoms with van der Waals surface area (Å²) in [5, 5.41) is 2.97. The highest BCUT2D eigenvalue weighted by Gasteiger charge is 2.41. The van der Waals surface area contributed by atoms with Gasteiger partial charge in [0.1, 0.15) is 17.5 Å². The molecule has 1 N–H and O–H groups in total. The molecule has 166 valence electrons. The quantitative estimate of drug-likeness (QED) is 0.647. The van der Waals surface area contributed by atoms with E-state index in [4.69, 9.17) is 9.47 Å². The molecule has 30 heavy (non-hydrogen) atoms. The molecule has 1 aromatic rings. The number of hydrogen-bond donors (Lipinski definition) is 1. The van der Waals surface area contributed by atoms with Gasteiger partial charge in [-0.2, -0.15) is 0 Å². The minimum absolute atomic E-state index is 0.262. The molecule has 3 atom stereocenters. The molecule has 2 fully saturated rings. The molecule has 1 saturated carbocycles. The zero-order valence-electron chi connectivity index (χ0n) is 18.3. The number of cyclic esters (lactones) is 1. The van der Waals surface area contributed by atoms with Crippen molar-refractivity contribution in [3.63, 3.8) is 0 Å². The maximum absolute atomic E-state index is 13.2. The average molecular weight is 420 g/mol. The number of carbonyl (C=O) groups excluding carboxylic acids is 2. The van der Waals surface area contributed by atoms with Crippen molar-refractivity contribution < 1.29 is 23.5 Å². The molecule has 6 heteroatoms. The standard InChI is InChI=1S/C24H34FNO4/c1-24(2,3)30-23(28)26-21(14-16-7-5-4-6-8-16)20-15-19(29-22(20)27)13-17-9-11-18(25)12-10-17/h9-12,16,19-21H,4-8,13-15H2,1-3H3,(H,26,28)/t19-,20-,21+/m1/s1. The van der Waals surface area contributed by atoms with E-state index in [-0.39, 0.29) is 29.9 Å². The van der Waals surface area contributed by atoms with Crippen LogP contribution in [0.5, 0.6) is 0 Å². The molecule has 3 rings (SSSR count). The predicted octanol–water partition coefficient (Wildman–Crippen LogP) is 5.16. The van der Waals surface area contributed by atoms with E-state index in [0.717, 1.165) is 24.8 Å². The van der Waals surface area contributed by atoms with Gasteiger partial charge >= 0.3 is 12.1 Å². The van der Waals surface area contributed by atoms with Crippen molar-refractivity contribution >= 4 is 12.1 Å². The van der Waals surface area contributed by atoms with Crippen LogP contribution in [0.15, 0.2) is 24.3 Å². The van der Waals surface area contributed by atoms with Crippen LogP contribution in [0.3, 0.4) is 0 Å². The highest BCUT2D eigenvalue weighted by Crippen LogP contribution is 2.34. The van der Waals surface area contributed by atoms with Crippen molar-refractivity contribution in [3.8, 4) is 0 Å². The molecule has 1 amide bonds. The fourth-order valence-corrected chi connectivity index (χ4v) is 4.58. The number of halogens is 1. The SMILES string of the molecule is CC(C)(C)OC(=O)N[C@@H](CC1CCCCC1)[C@H]1C[C@@H](Cc2ccc(F)cc2)OC1=O. The average Bonchev–Trinajstić information content (AvgIpc) is 3.02. The van der Waals surface area contributed by atoms with Gasteiger partial charge in [0, 0.05) is 12.5 Å². The molecule has 0 unspecified atom stereocenters. The molecule has 0 bridgehead atoms. The van der Waals surface area contributed by atoms with E-state index in [2.05, 4.69) is 5.32 Å². The second kappa shape index (κ2) is 9.80. The molecule has 1 aliphatic heterocycles. The number of amides is 1. The highest BCUT2D eigenvalue weighted by atomic mass is 19.1. The van der Waals surface area contributed by atoms with Crippen molar-refractivity contribution in [3.05, 3.63) is 35.6 Å². The van der Waals surface area contributed by atoms with Crippen LogP contribution in [0.1, 0.15) is 71.3 Å². The van der Waals surface area contributed by atoms with Crippen LogP contribution in [0.4, 0.5) is 9.18 Å². The van der Waals surface area contributed by atoms with Gasteiger partial charge in [-0.15, -0.1) is 0 Å². The number of ether oxygens (including phenoxy) is 2. The van der Waals surface area contributed by atoms with E-state index in [1.165, 1.54) is 31.4 Å². The molecule has 1 heterocycles. The first-order valence-corrected chi connectivity index (χ1v) is 11.1. The summed E-state index contributed by atoms with van der Waals surface area (Å²) in [5.41, 5.74) is 0.333. The van der Waals surface area contributed by atoms with E-state index in [1.54, 1.807) is 12.1 Å². The molecule has 2 aliphatic rings. The summed E-state index contributed by atoms with van der Waals surface area (Å²) in [6, 6.07) is 5.97. The number of alkyl carbamates (subject to hydrolysis) is 1. The van der Waals surface area contributed by atoms with Gasteiger partial charge in [-0.3, -0.25) is 4.79 Å². The maximum atomic E-state index is 13.2. The molecule has 1 aromatic carbocycles. The van der Waals surface area contributed by atoms with E-state index in [1.807, 2.05) is 20.8 Å². The summed E-state index contributed by atoms with van der Waals surface area (Å²) < 4.78 is 24.2. The minimum Gasteiger partial charge on any atom is -0.462 e. The first kappa shape index (κ1) is 22.6. The molecule has 1 aliphatic carbocycles. The predicted molar refractivity (Wildman–Crippen MR) is 112 cm³/mol. The van der Waals surface area contributed by atoms with Crippen LogP contribution in [-0.2, 0) is 20.7 Å². The van der Waals surface area contributed by atoms with E-state index in [0.29, 0.717) is 18.8 Å². The lowest BCUT2D eigenvalue weighted by Gasteiger charge is -2.30.